The summed E-state index contributed by atoms with van der Waals surface area (Å²) in [5, 5.41) is 33.9. The predicted octanol–water partition coefficient (Wildman–Crippen LogP) is 2.10. The molecule has 0 saturated heterocycles. The molecule has 9 nitrogen and oxygen atoms in total. The van der Waals surface area contributed by atoms with E-state index in [2.05, 4.69) is 31.7 Å². The lowest BCUT2D eigenvalue weighted by atomic mass is 10.1. The summed E-state index contributed by atoms with van der Waals surface area (Å²) in [6.07, 6.45) is 5.43. The number of aromatic amines is 1. The van der Waals surface area contributed by atoms with Crippen LogP contribution < -0.4 is 10.1 Å². The highest BCUT2D eigenvalue weighted by Gasteiger charge is 2.19. The van der Waals surface area contributed by atoms with Crippen LogP contribution >= 0.6 is 0 Å². The number of benzene rings is 1. The monoisotopic (exact) mass is 361 g/mol. The van der Waals surface area contributed by atoms with Gasteiger partial charge in [-0.25, -0.2) is 9.50 Å². The number of H-pyrrole nitrogens is 1. The zero-order valence-electron chi connectivity index (χ0n) is 14.3. The van der Waals surface area contributed by atoms with Gasteiger partial charge < -0.3 is 15.2 Å². The first-order chi connectivity index (χ1) is 13.2. The Labute approximate surface area is 153 Å². The number of methoxy groups -OCH3 is 1. The molecule has 0 aliphatic carbocycles. The average Bonchev–Trinajstić information content (AvgIpc) is 3.34. The van der Waals surface area contributed by atoms with E-state index in [0.29, 0.717) is 39.5 Å². The smallest absolute Gasteiger partial charge is 0.162 e. The molecule has 0 bridgehead atoms. The molecule has 0 aliphatic heterocycles. The number of hydrogen-bond acceptors (Lipinski definition) is 7. The fourth-order valence-electron chi connectivity index (χ4n) is 2.84. The summed E-state index contributed by atoms with van der Waals surface area (Å²) >= 11 is 0. The van der Waals surface area contributed by atoms with Crippen LogP contribution in [0.25, 0.3) is 16.9 Å². The van der Waals surface area contributed by atoms with Crippen LogP contribution in [-0.2, 0) is 0 Å². The van der Waals surface area contributed by atoms with Crippen LogP contribution in [0.1, 0.15) is 17.4 Å². The Bertz CT molecular complexity index is 1140. The van der Waals surface area contributed by atoms with Crippen molar-refractivity contribution < 1.29 is 9.84 Å². The van der Waals surface area contributed by atoms with Gasteiger partial charge in [0.05, 0.1) is 48.1 Å². The lowest BCUT2D eigenvalue weighted by Crippen LogP contribution is -2.10. The first-order valence-electron chi connectivity index (χ1n) is 8.06. The Hall–Kier alpha value is -3.90. The zero-order chi connectivity index (χ0) is 18.8. The Kier molecular flexibility index (Phi) is 4.16. The molecule has 0 saturated carbocycles. The number of rotatable bonds is 5. The van der Waals surface area contributed by atoms with Crippen LogP contribution in [0.2, 0.25) is 0 Å². The van der Waals surface area contributed by atoms with Crippen LogP contribution in [0, 0.1) is 11.3 Å². The fourth-order valence-corrected chi connectivity index (χ4v) is 2.84. The quantitative estimate of drug-likeness (QED) is 0.465. The molecule has 3 heterocycles. The molecule has 1 atom stereocenters. The summed E-state index contributed by atoms with van der Waals surface area (Å²) in [5.74, 6) is 0.577. The van der Waals surface area contributed by atoms with Crippen LogP contribution in [0.15, 0.2) is 49.1 Å². The van der Waals surface area contributed by atoms with Crippen LogP contribution in [0.3, 0.4) is 0 Å². The second-order valence-electron chi connectivity index (χ2n) is 5.72. The van der Waals surface area contributed by atoms with E-state index in [0.717, 1.165) is 0 Å². The van der Waals surface area contributed by atoms with Crippen molar-refractivity contribution in [2.75, 3.05) is 12.4 Å². The topological polar surface area (TPSA) is 124 Å². The second-order valence-corrected chi connectivity index (χ2v) is 5.72. The number of anilines is 1. The van der Waals surface area contributed by atoms with Gasteiger partial charge in [0.2, 0.25) is 0 Å². The number of hydrogen-bond donors (Lipinski definition) is 3. The highest BCUT2D eigenvalue weighted by atomic mass is 16.5. The largest absolute Gasteiger partial charge is 0.496 e. The Morgan fingerprint density at radius 2 is 2.26 bits per heavy atom. The van der Waals surface area contributed by atoms with Crippen LogP contribution in [-0.4, -0.2) is 37.0 Å². The van der Waals surface area contributed by atoms with Crippen molar-refractivity contribution in [2.45, 2.75) is 6.23 Å². The summed E-state index contributed by atoms with van der Waals surface area (Å²) in [7, 11) is 1.55. The summed E-state index contributed by atoms with van der Waals surface area (Å²) in [5.41, 5.74) is 3.35. The highest BCUT2D eigenvalue weighted by molar-refractivity contribution is 5.79. The Morgan fingerprint density at radius 1 is 1.37 bits per heavy atom. The second kappa shape index (κ2) is 6.78. The molecule has 0 aliphatic rings. The molecular weight excluding hydrogens is 346 g/mol. The van der Waals surface area contributed by atoms with Gasteiger partial charge in [-0.05, 0) is 24.3 Å². The molecule has 0 spiro atoms. The summed E-state index contributed by atoms with van der Waals surface area (Å²) in [6, 6.07) is 8.94. The molecule has 4 aromatic rings. The number of nitrogens with one attached hydrogen (secondary N) is 2. The minimum absolute atomic E-state index is 0.485. The maximum Gasteiger partial charge on any atom is 0.162 e. The van der Waals surface area contributed by atoms with Crippen LogP contribution in [0.5, 0.6) is 5.75 Å². The van der Waals surface area contributed by atoms with E-state index in [1.807, 2.05) is 0 Å². The number of ether oxygens (including phenoxy) is 1. The van der Waals surface area contributed by atoms with Gasteiger partial charge in [0.25, 0.3) is 0 Å². The normalized spacial score (nSPS) is 11.9. The lowest BCUT2D eigenvalue weighted by molar-refractivity contribution is 0.209. The van der Waals surface area contributed by atoms with E-state index in [1.165, 1.54) is 0 Å². The molecular formula is C18H15N7O2. The third-order valence-electron chi connectivity index (χ3n) is 4.13. The van der Waals surface area contributed by atoms with Crippen molar-refractivity contribution >= 4 is 11.3 Å². The third-order valence-corrected chi connectivity index (χ3v) is 4.13. The number of fused-ring (bicyclic) bond motifs is 1. The van der Waals surface area contributed by atoms with Crippen molar-refractivity contribution in [1.29, 1.82) is 5.26 Å². The lowest BCUT2D eigenvalue weighted by Gasteiger charge is -2.14. The van der Waals surface area contributed by atoms with Gasteiger partial charge >= 0.3 is 0 Å². The van der Waals surface area contributed by atoms with Gasteiger partial charge in [-0.1, -0.05) is 0 Å². The molecule has 3 aromatic heterocycles. The minimum Gasteiger partial charge on any atom is -0.496 e. The van der Waals surface area contributed by atoms with E-state index in [1.54, 1.807) is 60.7 Å². The Balaban J connectivity index is 1.70. The van der Waals surface area contributed by atoms with E-state index in [-0.39, 0.29) is 0 Å². The number of aromatic nitrogens is 5. The van der Waals surface area contributed by atoms with Crippen molar-refractivity contribution in [3.63, 3.8) is 0 Å². The maximum absolute atomic E-state index is 10.6. The van der Waals surface area contributed by atoms with Gasteiger partial charge in [-0.15, -0.1) is 0 Å². The van der Waals surface area contributed by atoms with Gasteiger partial charge in [0.1, 0.15) is 5.75 Å². The zero-order valence-corrected chi connectivity index (χ0v) is 14.3. The first kappa shape index (κ1) is 16.6. The average molecular weight is 361 g/mol. The molecule has 1 aromatic carbocycles. The van der Waals surface area contributed by atoms with Crippen molar-refractivity contribution in [3.05, 3.63) is 60.2 Å². The third kappa shape index (κ3) is 2.94. The van der Waals surface area contributed by atoms with Gasteiger partial charge in [-0.3, -0.25) is 5.10 Å². The van der Waals surface area contributed by atoms with Crippen molar-refractivity contribution in [2.24, 2.45) is 0 Å². The van der Waals surface area contributed by atoms with Crippen molar-refractivity contribution in [3.8, 4) is 23.1 Å². The van der Waals surface area contributed by atoms with Gasteiger partial charge in [-0.2, -0.15) is 15.5 Å². The SMILES string of the molecule is COc1ccc(C#N)cc1-c1[nH]ncc1NC(O)c1cnn2cccnc12. The molecule has 1 unspecified atom stereocenters. The van der Waals surface area contributed by atoms with E-state index in [9.17, 15) is 10.4 Å². The van der Waals surface area contributed by atoms with Gasteiger partial charge in [0.15, 0.2) is 11.9 Å². The fraction of sp³-hybridized carbons (Fsp3) is 0.111. The van der Waals surface area contributed by atoms with E-state index >= 15 is 0 Å². The molecule has 9 heteroatoms. The molecule has 134 valence electrons. The molecule has 0 amide bonds. The number of nitriles is 1. The molecule has 4 rings (SSSR count). The van der Waals surface area contributed by atoms with E-state index in [4.69, 9.17) is 4.74 Å². The Morgan fingerprint density at radius 3 is 3.07 bits per heavy atom. The summed E-state index contributed by atoms with van der Waals surface area (Å²) < 4.78 is 6.97. The van der Waals surface area contributed by atoms with Crippen molar-refractivity contribution in [1.82, 2.24) is 24.8 Å². The summed E-state index contributed by atoms with van der Waals surface area (Å²) in [6.45, 7) is 0. The molecule has 27 heavy (non-hydrogen) atoms. The maximum atomic E-state index is 10.6. The molecule has 3 N–H and O–H groups in total. The van der Waals surface area contributed by atoms with E-state index < -0.39 is 6.23 Å². The number of aliphatic hydroxyl groups excluding tert-OH is 1. The van der Waals surface area contributed by atoms with Gasteiger partial charge in [0, 0.05) is 18.0 Å². The summed E-state index contributed by atoms with van der Waals surface area (Å²) in [4.78, 5) is 4.24. The highest BCUT2D eigenvalue weighted by Crippen LogP contribution is 2.35. The number of nitrogens with zero attached hydrogens (tertiary/aromatic N) is 5. The molecule has 0 fully saturated rings. The number of aliphatic hydroxyl groups is 1. The standard InChI is InChI=1S/C18H15N7O2/c1-27-15-4-3-11(8-19)7-12(15)16-14(10-21-24-16)23-18(26)13-9-22-25-6-2-5-20-17(13)25/h2-7,9-10,18,23,26H,1H3,(H,21,24). The minimum atomic E-state index is -1.06. The first-order valence-corrected chi connectivity index (χ1v) is 8.06. The predicted molar refractivity (Wildman–Crippen MR) is 96.9 cm³/mol. The van der Waals surface area contributed by atoms with Crippen LogP contribution in [0.4, 0.5) is 5.69 Å². The molecule has 0 radical (unpaired) electrons.